The lowest BCUT2D eigenvalue weighted by atomic mass is 10.0. The van der Waals surface area contributed by atoms with Gasteiger partial charge in [-0.05, 0) is 30.0 Å². The van der Waals surface area contributed by atoms with Crippen LogP contribution in [-0.2, 0) is 6.42 Å². The minimum absolute atomic E-state index is 0.410. The first kappa shape index (κ1) is 10.9. The van der Waals surface area contributed by atoms with Crippen molar-refractivity contribution in [3.05, 3.63) is 30.7 Å². The fraction of sp³-hybridized carbons (Fsp3) is 0.417. The van der Waals surface area contributed by atoms with Gasteiger partial charge in [-0.15, -0.1) is 0 Å². The summed E-state index contributed by atoms with van der Waals surface area (Å²) in [5.41, 5.74) is 1.23. The number of benzene rings is 1. The maximum absolute atomic E-state index is 5.21. The molecule has 0 aliphatic heterocycles. The van der Waals surface area contributed by atoms with E-state index in [0.29, 0.717) is 5.92 Å². The zero-order valence-corrected chi connectivity index (χ0v) is 9.04. The van der Waals surface area contributed by atoms with E-state index in [9.17, 15) is 0 Å². The maximum atomic E-state index is 5.21. The van der Waals surface area contributed by atoms with E-state index in [1.165, 1.54) is 5.56 Å². The molecule has 1 unspecified atom stereocenters. The topological polar surface area (TPSA) is 18.5 Å². The van der Waals surface area contributed by atoms with Crippen LogP contribution in [0.25, 0.3) is 0 Å². The van der Waals surface area contributed by atoms with E-state index < -0.39 is 0 Å². The second-order valence-electron chi connectivity index (χ2n) is 3.50. The highest BCUT2D eigenvalue weighted by atomic mass is 16.5. The minimum atomic E-state index is 0.410. The number of ether oxygens (including phenoxy) is 2. The molecule has 1 atom stereocenters. The molecular formula is C12H17O2. The number of rotatable bonds is 4. The molecule has 0 aliphatic carbocycles. The molecule has 0 aliphatic rings. The molecule has 0 fully saturated rings. The summed E-state index contributed by atoms with van der Waals surface area (Å²) >= 11 is 0. The van der Waals surface area contributed by atoms with E-state index in [4.69, 9.17) is 9.47 Å². The van der Waals surface area contributed by atoms with Crippen molar-refractivity contribution in [3.8, 4) is 11.5 Å². The molecule has 1 aromatic rings. The lowest BCUT2D eigenvalue weighted by molar-refractivity contribution is 0.354. The van der Waals surface area contributed by atoms with Crippen molar-refractivity contribution in [1.82, 2.24) is 0 Å². The van der Waals surface area contributed by atoms with Crippen LogP contribution in [-0.4, -0.2) is 14.2 Å². The summed E-state index contributed by atoms with van der Waals surface area (Å²) in [5.74, 6) is 1.96. The van der Waals surface area contributed by atoms with Crippen LogP contribution in [0.5, 0.6) is 11.5 Å². The molecule has 0 saturated heterocycles. The van der Waals surface area contributed by atoms with Gasteiger partial charge in [0.1, 0.15) is 0 Å². The second kappa shape index (κ2) is 4.89. The summed E-state index contributed by atoms with van der Waals surface area (Å²) in [4.78, 5) is 0. The fourth-order valence-corrected chi connectivity index (χ4v) is 1.41. The van der Waals surface area contributed by atoms with Gasteiger partial charge >= 0.3 is 0 Å². The lowest BCUT2D eigenvalue weighted by Gasteiger charge is -2.10. The minimum Gasteiger partial charge on any atom is -0.493 e. The van der Waals surface area contributed by atoms with Gasteiger partial charge in [0, 0.05) is 0 Å². The Morgan fingerprint density at radius 2 is 1.86 bits per heavy atom. The standard InChI is InChI=1S/C12H17O2/c1-9(2)7-10-5-6-11(13-3)12(8-10)14-4/h5-6,8-9H,1,7H2,2-4H3. The van der Waals surface area contributed by atoms with Crippen LogP contribution in [0, 0.1) is 12.8 Å². The third-order valence-corrected chi connectivity index (χ3v) is 2.03. The highest BCUT2D eigenvalue weighted by molar-refractivity contribution is 5.42. The molecule has 0 aromatic heterocycles. The van der Waals surface area contributed by atoms with E-state index in [0.717, 1.165) is 17.9 Å². The van der Waals surface area contributed by atoms with Gasteiger partial charge in [-0.2, -0.15) is 0 Å². The second-order valence-corrected chi connectivity index (χ2v) is 3.50. The summed E-state index contributed by atoms with van der Waals surface area (Å²) in [5, 5.41) is 0. The average molecular weight is 193 g/mol. The molecule has 14 heavy (non-hydrogen) atoms. The molecule has 0 bridgehead atoms. The van der Waals surface area contributed by atoms with E-state index in [1.54, 1.807) is 14.2 Å². The zero-order chi connectivity index (χ0) is 10.6. The third-order valence-electron chi connectivity index (χ3n) is 2.03. The van der Waals surface area contributed by atoms with E-state index >= 15 is 0 Å². The smallest absolute Gasteiger partial charge is 0.160 e. The predicted molar refractivity (Wildman–Crippen MR) is 57.8 cm³/mol. The first-order chi connectivity index (χ1) is 6.67. The van der Waals surface area contributed by atoms with Crippen molar-refractivity contribution in [3.63, 3.8) is 0 Å². The van der Waals surface area contributed by atoms with Gasteiger partial charge in [0.05, 0.1) is 14.2 Å². The normalized spacial score (nSPS) is 10.4. The van der Waals surface area contributed by atoms with Crippen LogP contribution < -0.4 is 9.47 Å². The van der Waals surface area contributed by atoms with Gasteiger partial charge in [0.25, 0.3) is 0 Å². The van der Waals surface area contributed by atoms with Gasteiger partial charge in [-0.1, -0.05) is 19.9 Å². The maximum Gasteiger partial charge on any atom is 0.160 e. The van der Waals surface area contributed by atoms with Gasteiger partial charge in [-0.3, -0.25) is 0 Å². The van der Waals surface area contributed by atoms with Gasteiger partial charge in [0.15, 0.2) is 11.5 Å². The monoisotopic (exact) mass is 193 g/mol. The molecule has 2 heteroatoms. The van der Waals surface area contributed by atoms with Crippen molar-refractivity contribution in [2.45, 2.75) is 13.3 Å². The molecule has 2 nitrogen and oxygen atoms in total. The van der Waals surface area contributed by atoms with Crippen molar-refractivity contribution in [2.75, 3.05) is 14.2 Å². The Morgan fingerprint density at radius 3 is 2.36 bits per heavy atom. The average Bonchev–Trinajstić information content (AvgIpc) is 2.16. The van der Waals surface area contributed by atoms with Gasteiger partial charge in [-0.25, -0.2) is 0 Å². The Hall–Kier alpha value is -1.18. The molecule has 1 radical (unpaired) electrons. The van der Waals surface area contributed by atoms with E-state index in [1.807, 2.05) is 18.2 Å². The summed E-state index contributed by atoms with van der Waals surface area (Å²) in [7, 11) is 3.29. The van der Waals surface area contributed by atoms with Crippen LogP contribution in [0.2, 0.25) is 0 Å². The molecule has 0 spiro atoms. The van der Waals surface area contributed by atoms with Crippen molar-refractivity contribution in [2.24, 2.45) is 5.92 Å². The Bertz CT molecular complexity index is 292. The molecule has 1 aromatic carbocycles. The van der Waals surface area contributed by atoms with Crippen LogP contribution in [0.1, 0.15) is 12.5 Å². The molecular weight excluding hydrogens is 176 g/mol. The van der Waals surface area contributed by atoms with E-state index in [-0.39, 0.29) is 0 Å². The van der Waals surface area contributed by atoms with Gasteiger partial charge in [0.2, 0.25) is 0 Å². The Kier molecular flexibility index (Phi) is 3.81. The molecule has 77 valence electrons. The molecule has 0 N–H and O–H groups in total. The highest BCUT2D eigenvalue weighted by Crippen LogP contribution is 2.28. The van der Waals surface area contributed by atoms with Crippen LogP contribution in [0.3, 0.4) is 0 Å². The van der Waals surface area contributed by atoms with Crippen LogP contribution >= 0.6 is 0 Å². The quantitative estimate of drug-likeness (QED) is 0.732. The molecule has 0 saturated carbocycles. The molecule has 1 rings (SSSR count). The summed E-state index contributed by atoms with van der Waals surface area (Å²) < 4.78 is 10.4. The Labute approximate surface area is 85.8 Å². The number of hydrogen-bond donors (Lipinski definition) is 0. The zero-order valence-electron chi connectivity index (χ0n) is 9.04. The van der Waals surface area contributed by atoms with Crippen molar-refractivity contribution in [1.29, 1.82) is 0 Å². The Morgan fingerprint density at radius 1 is 1.21 bits per heavy atom. The van der Waals surface area contributed by atoms with Crippen molar-refractivity contribution < 1.29 is 9.47 Å². The largest absolute Gasteiger partial charge is 0.493 e. The van der Waals surface area contributed by atoms with Crippen LogP contribution in [0.4, 0.5) is 0 Å². The van der Waals surface area contributed by atoms with E-state index in [2.05, 4.69) is 13.8 Å². The SMILES string of the molecule is [CH2]C(C)Cc1ccc(OC)c(OC)c1. The first-order valence-corrected chi connectivity index (χ1v) is 4.71. The fourth-order valence-electron chi connectivity index (χ4n) is 1.41. The Balaban J connectivity index is 2.89. The van der Waals surface area contributed by atoms with Crippen LogP contribution in [0.15, 0.2) is 18.2 Å². The highest BCUT2D eigenvalue weighted by Gasteiger charge is 2.05. The predicted octanol–water partition coefficient (Wildman–Crippen LogP) is 2.72. The molecule has 0 amide bonds. The molecule has 0 heterocycles. The summed E-state index contributed by atoms with van der Waals surface area (Å²) in [6, 6.07) is 5.97. The number of hydrogen-bond acceptors (Lipinski definition) is 2. The first-order valence-electron chi connectivity index (χ1n) is 4.71. The summed E-state index contributed by atoms with van der Waals surface area (Å²) in [6.45, 7) is 6.05. The lowest BCUT2D eigenvalue weighted by Crippen LogP contribution is -1.96. The van der Waals surface area contributed by atoms with Crippen molar-refractivity contribution >= 4 is 0 Å². The summed E-state index contributed by atoms with van der Waals surface area (Å²) in [6.07, 6.45) is 0.959. The van der Waals surface area contributed by atoms with Gasteiger partial charge < -0.3 is 9.47 Å². The third kappa shape index (κ3) is 2.66. The number of methoxy groups -OCH3 is 2.